The van der Waals surface area contributed by atoms with Crippen molar-refractivity contribution in [3.8, 4) is 5.69 Å². The van der Waals surface area contributed by atoms with Crippen molar-refractivity contribution in [1.29, 1.82) is 0 Å². The average Bonchev–Trinajstić information content (AvgIpc) is 3.30. The first kappa shape index (κ1) is 22.0. The van der Waals surface area contributed by atoms with Gasteiger partial charge in [-0.3, -0.25) is 14.2 Å². The van der Waals surface area contributed by atoms with Gasteiger partial charge in [-0.05, 0) is 49.6 Å². The average molecular weight is 455 g/mol. The zero-order chi connectivity index (χ0) is 22.7. The maximum Gasteiger partial charge on any atom is 0.352 e. The molecule has 0 aliphatic carbocycles. The second-order valence-electron chi connectivity index (χ2n) is 7.74. The molecule has 8 nitrogen and oxygen atoms in total. The first-order valence-corrected chi connectivity index (χ1v) is 10.8. The van der Waals surface area contributed by atoms with E-state index in [9.17, 15) is 14.4 Å². The topological polar surface area (TPSA) is 95.2 Å². The van der Waals surface area contributed by atoms with Crippen molar-refractivity contribution in [3.05, 3.63) is 91.2 Å². The van der Waals surface area contributed by atoms with Crippen LogP contribution in [0, 0.1) is 6.92 Å². The van der Waals surface area contributed by atoms with Gasteiger partial charge in [-0.15, -0.1) is 0 Å². The van der Waals surface area contributed by atoms with Crippen LogP contribution in [0.15, 0.2) is 58.1 Å². The molecule has 1 amide bonds. The number of ether oxygens (including phenoxy) is 1. The van der Waals surface area contributed by atoms with Crippen molar-refractivity contribution < 1.29 is 9.53 Å². The summed E-state index contributed by atoms with van der Waals surface area (Å²) in [6.07, 6.45) is 1.69. The highest BCUT2D eigenvalue weighted by molar-refractivity contribution is 6.30. The van der Waals surface area contributed by atoms with Crippen LogP contribution in [0.3, 0.4) is 0 Å². The maximum atomic E-state index is 13.2. The highest BCUT2D eigenvalue weighted by atomic mass is 35.5. The molecule has 9 heteroatoms. The third-order valence-electron chi connectivity index (χ3n) is 5.28. The Morgan fingerprint density at radius 3 is 2.69 bits per heavy atom. The normalized spacial score (nSPS) is 15.6. The van der Waals surface area contributed by atoms with Gasteiger partial charge in [0.05, 0.1) is 18.3 Å². The summed E-state index contributed by atoms with van der Waals surface area (Å²) in [5.74, 6) is -0.647. The Bertz CT molecular complexity index is 1240. The highest BCUT2D eigenvalue weighted by Gasteiger charge is 2.22. The Morgan fingerprint density at radius 1 is 1.22 bits per heavy atom. The van der Waals surface area contributed by atoms with Gasteiger partial charge in [0, 0.05) is 18.2 Å². The van der Waals surface area contributed by atoms with Crippen LogP contribution in [0.4, 0.5) is 0 Å². The number of aryl methyl sites for hydroxylation is 1. The predicted molar refractivity (Wildman–Crippen MR) is 121 cm³/mol. The van der Waals surface area contributed by atoms with E-state index >= 15 is 0 Å². The molecule has 32 heavy (non-hydrogen) atoms. The molecule has 4 rings (SSSR count). The number of nitrogens with one attached hydrogen (secondary N) is 1. The highest BCUT2D eigenvalue weighted by Crippen LogP contribution is 2.12. The fraction of sp³-hybridized carbons (Fsp3) is 0.304. The van der Waals surface area contributed by atoms with Gasteiger partial charge in [-0.25, -0.2) is 4.79 Å². The summed E-state index contributed by atoms with van der Waals surface area (Å²) in [4.78, 5) is 39.2. The maximum absolute atomic E-state index is 13.2. The van der Waals surface area contributed by atoms with Crippen LogP contribution in [-0.4, -0.2) is 39.5 Å². The molecule has 0 saturated carbocycles. The fourth-order valence-corrected chi connectivity index (χ4v) is 3.76. The van der Waals surface area contributed by atoms with Gasteiger partial charge in [-0.1, -0.05) is 41.4 Å². The zero-order valence-electron chi connectivity index (χ0n) is 17.6. The van der Waals surface area contributed by atoms with Gasteiger partial charge >= 0.3 is 5.69 Å². The van der Waals surface area contributed by atoms with Gasteiger partial charge < -0.3 is 10.1 Å². The van der Waals surface area contributed by atoms with Crippen molar-refractivity contribution in [1.82, 2.24) is 19.7 Å². The van der Waals surface area contributed by atoms with E-state index in [0.717, 1.165) is 33.2 Å². The molecule has 166 valence electrons. The zero-order valence-corrected chi connectivity index (χ0v) is 18.3. The number of aromatic nitrogens is 3. The molecule has 1 saturated heterocycles. The van der Waals surface area contributed by atoms with E-state index in [2.05, 4.69) is 10.4 Å². The molecular weight excluding hydrogens is 432 g/mol. The minimum atomic E-state index is -0.744. The van der Waals surface area contributed by atoms with Crippen molar-refractivity contribution in [3.63, 3.8) is 0 Å². The molecule has 1 aliphatic rings. The number of carbonyl (C=O) groups excluding carboxylic acids is 1. The first-order chi connectivity index (χ1) is 15.4. The first-order valence-electron chi connectivity index (χ1n) is 10.4. The second kappa shape index (κ2) is 9.50. The number of carbonyl (C=O) groups is 1. The van der Waals surface area contributed by atoms with Crippen molar-refractivity contribution >= 4 is 17.5 Å². The molecule has 0 radical (unpaired) electrons. The number of halogens is 1. The molecular formula is C23H23ClN4O4. The van der Waals surface area contributed by atoms with Gasteiger partial charge in [-0.2, -0.15) is 9.78 Å². The molecule has 0 bridgehead atoms. The standard InChI is InChI=1S/C23H23ClN4O4/c1-15-4-2-5-16(12-15)14-27-22(30)20(21(29)25-13-19-6-3-11-32-19)26-28(23(27)31)18-9-7-17(24)8-10-18/h2,4-5,7-10,12,19H,3,6,11,13-14H2,1H3,(H,25,29). The molecule has 3 aromatic rings. The molecule has 1 aromatic heterocycles. The molecule has 1 fully saturated rings. The number of hydrogen-bond donors (Lipinski definition) is 1. The van der Waals surface area contributed by atoms with Crippen molar-refractivity contribution in [2.24, 2.45) is 0 Å². The van der Waals surface area contributed by atoms with E-state index in [-0.39, 0.29) is 24.9 Å². The Balaban J connectivity index is 1.76. The summed E-state index contributed by atoms with van der Waals surface area (Å²) < 4.78 is 7.60. The van der Waals surface area contributed by atoms with Gasteiger partial charge in [0.1, 0.15) is 0 Å². The molecule has 1 N–H and O–H groups in total. The molecule has 0 spiro atoms. The SMILES string of the molecule is Cc1cccc(Cn2c(=O)c(C(=O)NCC3CCCO3)nn(-c3ccc(Cl)cc3)c2=O)c1. The summed E-state index contributed by atoms with van der Waals surface area (Å²) in [5.41, 5.74) is 0.415. The number of hydrogen-bond acceptors (Lipinski definition) is 5. The summed E-state index contributed by atoms with van der Waals surface area (Å²) in [7, 11) is 0. The van der Waals surface area contributed by atoms with Crippen LogP contribution < -0.4 is 16.6 Å². The Kier molecular flexibility index (Phi) is 6.53. The van der Waals surface area contributed by atoms with Crippen LogP contribution in [0.25, 0.3) is 5.69 Å². The lowest BCUT2D eigenvalue weighted by molar-refractivity contribution is 0.0849. The smallest absolute Gasteiger partial charge is 0.352 e. The lowest BCUT2D eigenvalue weighted by Crippen LogP contribution is -2.46. The largest absolute Gasteiger partial charge is 0.376 e. The monoisotopic (exact) mass is 454 g/mol. The third kappa shape index (κ3) is 4.81. The van der Waals surface area contributed by atoms with Crippen LogP contribution in [-0.2, 0) is 11.3 Å². The molecule has 1 atom stereocenters. The van der Waals surface area contributed by atoms with E-state index in [1.165, 1.54) is 0 Å². The molecule has 1 aliphatic heterocycles. The number of nitrogens with zero attached hydrogens (tertiary/aromatic N) is 3. The van der Waals surface area contributed by atoms with E-state index < -0.39 is 17.2 Å². The minimum Gasteiger partial charge on any atom is -0.376 e. The predicted octanol–water partition coefficient (Wildman–Crippen LogP) is 2.31. The van der Waals surface area contributed by atoms with Crippen LogP contribution in [0.1, 0.15) is 34.5 Å². The second-order valence-corrected chi connectivity index (χ2v) is 8.18. The quantitative estimate of drug-likeness (QED) is 0.616. The number of amides is 1. The van der Waals surface area contributed by atoms with Crippen LogP contribution >= 0.6 is 11.6 Å². The Morgan fingerprint density at radius 2 is 2.00 bits per heavy atom. The minimum absolute atomic E-state index is 0.0153. The molecule has 2 aromatic carbocycles. The summed E-state index contributed by atoms with van der Waals surface area (Å²) in [6.45, 7) is 2.87. The fourth-order valence-electron chi connectivity index (χ4n) is 3.64. The van der Waals surface area contributed by atoms with Crippen molar-refractivity contribution in [2.45, 2.75) is 32.4 Å². The van der Waals surface area contributed by atoms with E-state index in [0.29, 0.717) is 17.3 Å². The van der Waals surface area contributed by atoms with E-state index in [4.69, 9.17) is 16.3 Å². The molecule has 1 unspecified atom stereocenters. The van der Waals surface area contributed by atoms with Crippen LogP contribution in [0.5, 0.6) is 0 Å². The van der Waals surface area contributed by atoms with Gasteiger partial charge in [0.15, 0.2) is 0 Å². The Labute approximate surface area is 189 Å². The van der Waals surface area contributed by atoms with Crippen molar-refractivity contribution in [2.75, 3.05) is 13.2 Å². The lowest BCUT2D eigenvalue weighted by Gasteiger charge is -2.14. The van der Waals surface area contributed by atoms with Gasteiger partial charge in [0.2, 0.25) is 5.69 Å². The summed E-state index contributed by atoms with van der Waals surface area (Å²) in [6, 6.07) is 13.9. The van der Waals surface area contributed by atoms with Gasteiger partial charge in [0.25, 0.3) is 11.5 Å². The lowest BCUT2D eigenvalue weighted by atomic mass is 10.1. The summed E-state index contributed by atoms with van der Waals surface area (Å²) >= 11 is 5.96. The van der Waals surface area contributed by atoms with E-state index in [1.807, 2.05) is 31.2 Å². The summed E-state index contributed by atoms with van der Waals surface area (Å²) in [5, 5.41) is 7.31. The van der Waals surface area contributed by atoms with E-state index in [1.54, 1.807) is 24.3 Å². The number of rotatable bonds is 6. The number of benzene rings is 2. The van der Waals surface area contributed by atoms with Crippen LogP contribution in [0.2, 0.25) is 5.02 Å². The molecule has 2 heterocycles. The Hall–Kier alpha value is -3.23. The third-order valence-corrected chi connectivity index (χ3v) is 5.54.